The van der Waals surface area contributed by atoms with Crippen LogP contribution in [0.4, 0.5) is 0 Å². The van der Waals surface area contributed by atoms with Crippen LogP contribution < -0.4 is 4.74 Å². The van der Waals surface area contributed by atoms with Crippen LogP contribution in [0.25, 0.3) is 0 Å². The summed E-state index contributed by atoms with van der Waals surface area (Å²) in [7, 11) is 0. The first-order valence-electron chi connectivity index (χ1n) is 6.22. The summed E-state index contributed by atoms with van der Waals surface area (Å²) in [5, 5.41) is 0.615. The van der Waals surface area contributed by atoms with Gasteiger partial charge in [0.2, 0.25) is 0 Å². The van der Waals surface area contributed by atoms with Crippen molar-refractivity contribution >= 4 is 17.4 Å². The van der Waals surface area contributed by atoms with Crippen molar-refractivity contribution in [1.82, 2.24) is 0 Å². The molecule has 2 rings (SSSR count). The number of hydrogen-bond donors (Lipinski definition) is 0. The van der Waals surface area contributed by atoms with Crippen LogP contribution >= 0.6 is 11.6 Å². The fraction of sp³-hybridized carbons (Fsp3) is 0.500. The normalized spacial score (nSPS) is 16.5. The fourth-order valence-corrected chi connectivity index (χ4v) is 2.23. The number of carbonyl (C=O) groups excluding carboxylic acids is 1. The monoisotopic (exact) mass is 268 g/mol. The molecule has 0 aromatic heterocycles. The molecule has 0 aliphatic carbocycles. The number of ether oxygens (including phenoxy) is 2. The second-order valence-corrected chi connectivity index (χ2v) is 4.98. The van der Waals surface area contributed by atoms with Crippen LogP contribution in [0.1, 0.15) is 19.3 Å². The van der Waals surface area contributed by atoms with Crippen LogP contribution in [0, 0.1) is 5.92 Å². The van der Waals surface area contributed by atoms with E-state index in [0.717, 1.165) is 26.1 Å². The average Bonchev–Trinajstić information content (AvgIpc) is 2.38. The summed E-state index contributed by atoms with van der Waals surface area (Å²) in [6.07, 6.45) is 2.54. The van der Waals surface area contributed by atoms with E-state index >= 15 is 0 Å². The molecule has 0 saturated carbocycles. The molecule has 1 heterocycles. The Morgan fingerprint density at radius 3 is 2.89 bits per heavy atom. The Hall–Kier alpha value is -1.06. The molecule has 1 aromatic carbocycles. The molecule has 0 amide bonds. The summed E-state index contributed by atoms with van der Waals surface area (Å²) in [4.78, 5) is 11.8. The van der Waals surface area contributed by atoms with Gasteiger partial charge in [0.15, 0.2) is 5.78 Å². The third-order valence-corrected chi connectivity index (χ3v) is 3.29. The van der Waals surface area contributed by atoms with Crippen molar-refractivity contribution in [2.24, 2.45) is 5.92 Å². The molecule has 0 radical (unpaired) electrons. The highest BCUT2D eigenvalue weighted by Crippen LogP contribution is 2.20. The van der Waals surface area contributed by atoms with Gasteiger partial charge in [-0.15, -0.1) is 0 Å². The minimum absolute atomic E-state index is 0.123. The second kappa shape index (κ2) is 6.76. The standard InChI is InChI=1S/C14H17ClO3/c15-12-2-1-3-14(9-12)18-10-13(16)8-11-4-6-17-7-5-11/h1-3,9,11H,4-8,10H2. The van der Waals surface area contributed by atoms with Crippen molar-refractivity contribution in [2.45, 2.75) is 19.3 Å². The van der Waals surface area contributed by atoms with Crippen LogP contribution in [0.2, 0.25) is 5.02 Å². The van der Waals surface area contributed by atoms with Gasteiger partial charge >= 0.3 is 0 Å². The molecule has 0 N–H and O–H groups in total. The molecule has 1 saturated heterocycles. The van der Waals surface area contributed by atoms with E-state index in [4.69, 9.17) is 21.1 Å². The van der Waals surface area contributed by atoms with Crippen LogP contribution in [0.15, 0.2) is 24.3 Å². The molecule has 1 aliphatic heterocycles. The van der Waals surface area contributed by atoms with Crippen molar-refractivity contribution in [3.63, 3.8) is 0 Å². The quantitative estimate of drug-likeness (QED) is 0.823. The molecule has 1 aromatic rings. The zero-order chi connectivity index (χ0) is 12.8. The molecule has 4 heteroatoms. The van der Waals surface area contributed by atoms with Crippen molar-refractivity contribution in [3.8, 4) is 5.75 Å². The smallest absolute Gasteiger partial charge is 0.170 e. The van der Waals surface area contributed by atoms with Gasteiger partial charge in [0, 0.05) is 24.7 Å². The molecule has 3 nitrogen and oxygen atoms in total. The van der Waals surface area contributed by atoms with Gasteiger partial charge in [-0.3, -0.25) is 4.79 Å². The number of ketones is 1. The summed E-state index contributed by atoms with van der Waals surface area (Å²) < 4.78 is 10.7. The van der Waals surface area contributed by atoms with E-state index in [0.29, 0.717) is 23.1 Å². The maximum atomic E-state index is 11.8. The Kier molecular flexibility index (Phi) is 5.02. The first kappa shape index (κ1) is 13.4. The molecule has 0 atom stereocenters. The molecule has 98 valence electrons. The third-order valence-electron chi connectivity index (χ3n) is 3.05. The Morgan fingerprint density at radius 2 is 2.17 bits per heavy atom. The lowest BCUT2D eigenvalue weighted by Gasteiger charge is -2.21. The Morgan fingerprint density at radius 1 is 1.39 bits per heavy atom. The van der Waals surface area contributed by atoms with Gasteiger partial charge in [-0.05, 0) is 37.0 Å². The number of benzene rings is 1. The summed E-state index contributed by atoms with van der Waals surface area (Å²) in [6.45, 7) is 1.66. The Labute approximate surface area is 112 Å². The third kappa shape index (κ3) is 4.31. The molecular weight excluding hydrogens is 252 g/mol. The summed E-state index contributed by atoms with van der Waals surface area (Å²) in [6, 6.07) is 7.09. The predicted molar refractivity (Wildman–Crippen MR) is 70.1 cm³/mol. The van der Waals surface area contributed by atoms with E-state index in [-0.39, 0.29) is 12.4 Å². The van der Waals surface area contributed by atoms with Crippen molar-refractivity contribution < 1.29 is 14.3 Å². The van der Waals surface area contributed by atoms with Gasteiger partial charge < -0.3 is 9.47 Å². The molecule has 18 heavy (non-hydrogen) atoms. The summed E-state index contributed by atoms with van der Waals surface area (Å²) in [5.41, 5.74) is 0. The van der Waals surface area contributed by atoms with E-state index in [1.54, 1.807) is 24.3 Å². The molecule has 0 unspecified atom stereocenters. The van der Waals surface area contributed by atoms with Gasteiger partial charge in [0.25, 0.3) is 0 Å². The maximum Gasteiger partial charge on any atom is 0.170 e. The van der Waals surface area contributed by atoms with Crippen LogP contribution in [0.5, 0.6) is 5.75 Å². The van der Waals surface area contributed by atoms with E-state index in [1.807, 2.05) is 0 Å². The van der Waals surface area contributed by atoms with E-state index in [9.17, 15) is 4.79 Å². The van der Waals surface area contributed by atoms with Crippen molar-refractivity contribution in [3.05, 3.63) is 29.3 Å². The number of carbonyl (C=O) groups is 1. The maximum absolute atomic E-state index is 11.8. The van der Waals surface area contributed by atoms with E-state index in [1.165, 1.54) is 0 Å². The lowest BCUT2D eigenvalue weighted by Crippen LogP contribution is -2.21. The lowest BCUT2D eigenvalue weighted by atomic mass is 9.95. The van der Waals surface area contributed by atoms with Gasteiger partial charge in [0.1, 0.15) is 12.4 Å². The highest BCUT2D eigenvalue weighted by Gasteiger charge is 2.17. The number of halogens is 1. The number of rotatable bonds is 5. The second-order valence-electron chi connectivity index (χ2n) is 4.54. The zero-order valence-electron chi connectivity index (χ0n) is 10.2. The number of hydrogen-bond acceptors (Lipinski definition) is 3. The summed E-state index contributed by atoms with van der Waals surface area (Å²) in [5.74, 6) is 1.24. The fourth-order valence-electron chi connectivity index (χ4n) is 2.05. The van der Waals surface area contributed by atoms with Gasteiger partial charge in [-0.25, -0.2) is 0 Å². The SMILES string of the molecule is O=C(COc1cccc(Cl)c1)CC1CCOCC1. The van der Waals surface area contributed by atoms with Gasteiger partial charge in [0.05, 0.1) is 0 Å². The van der Waals surface area contributed by atoms with Gasteiger partial charge in [-0.1, -0.05) is 17.7 Å². The van der Waals surface area contributed by atoms with Crippen molar-refractivity contribution in [1.29, 1.82) is 0 Å². The van der Waals surface area contributed by atoms with Crippen molar-refractivity contribution in [2.75, 3.05) is 19.8 Å². The Balaban J connectivity index is 1.74. The summed E-state index contributed by atoms with van der Waals surface area (Å²) >= 11 is 5.84. The molecule has 0 spiro atoms. The van der Waals surface area contributed by atoms with E-state index in [2.05, 4.69) is 0 Å². The number of Topliss-reactive ketones (excluding diaryl/α,β-unsaturated/α-hetero) is 1. The molecular formula is C14H17ClO3. The topological polar surface area (TPSA) is 35.5 Å². The first-order chi connectivity index (χ1) is 8.74. The molecule has 0 bridgehead atoms. The highest BCUT2D eigenvalue weighted by molar-refractivity contribution is 6.30. The zero-order valence-corrected chi connectivity index (χ0v) is 11.0. The molecule has 1 fully saturated rings. The predicted octanol–water partition coefficient (Wildman–Crippen LogP) is 3.10. The Bertz CT molecular complexity index is 400. The minimum atomic E-state index is 0.123. The highest BCUT2D eigenvalue weighted by atomic mass is 35.5. The minimum Gasteiger partial charge on any atom is -0.486 e. The van der Waals surface area contributed by atoms with Crippen LogP contribution in [0.3, 0.4) is 0 Å². The molecule has 1 aliphatic rings. The van der Waals surface area contributed by atoms with E-state index < -0.39 is 0 Å². The average molecular weight is 269 g/mol. The lowest BCUT2D eigenvalue weighted by molar-refractivity contribution is -0.122. The first-order valence-corrected chi connectivity index (χ1v) is 6.59. The van der Waals surface area contributed by atoms with Gasteiger partial charge in [-0.2, -0.15) is 0 Å². The van der Waals surface area contributed by atoms with Crippen LogP contribution in [-0.4, -0.2) is 25.6 Å². The largest absolute Gasteiger partial charge is 0.486 e. The van der Waals surface area contributed by atoms with Crippen LogP contribution in [-0.2, 0) is 9.53 Å².